The smallest absolute Gasteiger partial charge is 0.230 e. The van der Waals surface area contributed by atoms with Crippen LogP contribution in [0.25, 0.3) is 0 Å². The predicted octanol–water partition coefficient (Wildman–Crippen LogP) is 0.982. The van der Waals surface area contributed by atoms with Gasteiger partial charge in [-0.15, -0.1) is 0 Å². The van der Waals surface area contributed by atoms with Crippen molar-refractivity contribution < 1.29 is 13.9 Å². The van der Waals surface area contributed by atoms with Crippen molar-refractivity contribution in [2.24, 2.45) is 5.41 Å². The van der Waals surface area contributed by atoms with Gasteiger partial charge < -0.3 is 14.5 Å². The van der Waals surface area contributed by atoms with Crippen LogP contribution < -0.4 is 4.90 Å². The maximum Gasteiger partial charge on any atom is 0.230 e. The number of ether oxygens (including phenoxy) is 1. The van der Waals surface area contributed by atoms with Gasteiger partial charge in [0.1, 0.15) is 0 Å². The van der Waals surface area contributed by atoms with Crippen LogP contribution >= 0.6 is 0 Å². The topological polar surface area (TPSA) is 48.9 Å². The third-order valence-electron chi connectivity index (χ3n) is 5.84. The SMILES string of the molecule is O=C1N(CCN2CCOCC2)CCC12CCN(c1ccncc1F)C2. The van der Waals surface area contributed by atoms with Crippen molar-refractivity contribution in [3.63, 3.8) is 0 Å². The van der Waals surface area contributed by atoms with Gasteiger partial charge in [-0.1, -0.05) is 0 Å². The summed E-state index contributed by atoms with van der Waals surface area (Å²) in [6, 6.07) is 1.70. The number of carbonyl (C=O) groups is 1. The molecule has 0 N–H and O–H groups in total. The van der Waals surface area contributed by atoms with Crippen LogP contribution in [0, 0.1) is 11.2 Å². The molecule has 1 amide bonds. The molecule has 3 aliphatic heterocycles. The Labute approximate surface area is 147 Å². The number of amides is 1. The van der Waals surface area contributed by atoms with Crippen LogP contribution in [0.3, 0.4) is 0 Å². The molecule has 0 radical (unpaired) electrons. The average Bonchev–Trinajstić information content (AvgIpc) is 3.20. The van der Waals surface area contributed by atoms with Gasteiger partial charge in [0.15, 0.2) is 5.82 Å². The lowest BCUT2D eigenvalue weighted by Crippen LogP contribution is -2.43. The molecule has 4 heterocycles. The van der Waals surface area contributed by atoms with E-state index < -0.39 is 0 Å². The molecule has 3 saturated heterocycles. The fourth-order valence-electron chi connectivity index (χ4n) is 4.27. The Morgan fingerprint density at radius 2 is 1.96 bits per heavy atom. The molecule has 25 heavy (non-hydrogen) atoms. The summed E-state index contributed by atoms with van der Waals surface area (Å²) in [5, 5.41) is 0. The first-order chi connectivity index (χ1) is 12.2. The van der Waals surface area contributed by atoms with Crippen LogP contribution in [-0.4, -0.2) is 79.7 Å². The lowest BCUT2D eigenvalue weighted by molar-refractivity contribution is -0.135. The quantitative estimate of drug-likeness (QED) is 0.812. The second kappa shape index (κ2) is 6.88. The number of hydrogen-bond donors (Lipinski definition) is 0. The molecule has 1 aromatic rings. The normalized spacial score (nSPS) is 27.6. The van der Waals surface area contributed by atoms with Crippen molar-refractivity contribution in [1.29, 1.82) is 0 Å². The van der Waals surface area contributed by atoms with Crippen molar-refractivity contribution in [3.8, 4) is 0 Å². The number of hydrogen-bond acceptors (Lipinski definition) is 5. The zero-order chi connectivity index (χ0) is 17.3. The molecule has 0 saturated carbocycles. The number of pyridine rings is 1. The number of morpholine rings is 1. The zero-order valence-corrected chi connectivity index (χ0v) is 14.5. The number of carbonyl (C=O) groups excluding carboxylic acids is 1. The summed E-state index contributed by atoms with van der Waals surface area (Å²) >= 11 is 0. The van der Waals surface area contributed by atoms with E-state index >= 15 is 0 Å². The van der Waals surface area contributed by atoms with E-state index in [-0.39, 0.29) is 17.1 Å². The Morgan fingerprint density at radius 1 is 1.16 bits per heavy atom. The van der Waals surface area contributed by atoms with Crippen molar-refractivity contribution in [1.82, 2.24) is 14.8 Å². The molecule has 1 aromatic heterocycles. The number of nitrogens with zero attached hydrogens (tertiary/aromatic N) is 4. The third-order valence-corrected chi connectivity index (χ3v) is 5.84. The number of rotatable bonds is 4. The molecule has 7 heteroatoms. The van der Waals surface area contributed by atoms with Crippen molar-refractivity contribution in [3.05, 3.63) is 24.3 Å². The number of aromatic nitrogens is 1. The summed E-state index contributed by atoms with van der Waals surface area (Å²) < 4.78 is 19.4. The lowest BCUT2D eigenvalue weighted by Gasteiger charge is -2.29. The van der Waals surface area contributed by atoms with Crippen LogP contribution in [0.15, 0.2) is 18.5 Å². The minimum atomic E-state index is -0.333. The first-order valence-electron chi connectivity index (χ1n) is 9.12. The average molecular weight is 348 g/mol. The van der Waals surface area contributed by atoms with Crippen LogP contribution in [-0.2, 0) is 9.53 Å². The molecule has 1 atom stereocenters. The Hall–Kier alpha value is -1.73. The van der Waals surface area contributed by atoms with Gasteiger partial charge in [-0.2, -0.15) is 0 Å². The van der Waals surface area contributed by atoms with E-state index in [2.05, 4.69) is 9.88 Å². The molecule has 1 unspecified atom stereocenters. The number of likely N-dealkylation sites (tertiary alicyclic amines) is 1. The molecule has 1 spiro atoms. The fourth-order valence-corrected chi connectivity index (χ4v) is 4.27. The van der Waals surface area contributed by atoms with Crippen LogP contribution in [0.1, 0.15) is 12.8 Å². The summed E-state index contributed by atoms with van der Waals surface area (Å²) in [5.41, 5.74) is 0.229. The maximum atomic E-state index is 14.0. The molecule has 136 valence electrons. The van der Waals surface area contributed by atoms with Crippen LogP contribution in [0.2, 0.25) is 0 Å². The monoisotopic (exact) mass is 348 g/mol. The largest absolute Gasteiger partial charge is 0.379 e. The minimum Gasteiger partial charge on any atom is -0.379 e. The highest BCUT2D eigenvalue weighted by atomic mass is 19.1. The van der Waals surface area contributed by atoms with E-state index in [9.17, 15) is 9.18 Å². The highest BCUT2D eigenvalue weighted by molar-refractivity contribution is 5.86. The number of halogens is 1. The molecule has 6 nitrogen and oxygen atoms in total. The molecular formula is C18H25FN4O2. The molecule has 0 bridgehead atoms. The molecule has 3 fully saturated rings. The van der Waals surface area contributed by atoms with Gasteiger partial charge in [-0.05, 0) is 18.9 Å². The lowest BCUT2D eigenvalue weighted by atomic mass is 9.85. The third kappa shape index (κ3) is 3.22. The first-order valence-corrected chi connectivity index (χ1v) is 9.12. The maximum absolute atomic E-state index is 14.0. The fraction of sp³-hybridized carbons (Fsp3) is 0.667. The van der Waals surface area contributed by atoms with E-state index in [1.807, 2.05) is 9.80 Å². The van der Waals surface area contributed by atoms with Gasteiger partial charge >= 0.3 is 0 Å². The van der Waals surface area contributed by atoms with Gasteiger partial charge in [-0.3, -0.25) is 14.7 Å². The van der Waals surface area contributed by atoms with E-state index in [1.54, 1.807) is 12.3 Å². The highest BCUT2D eigenvalue weighted by Gasteiger charge is 2.50. The zero-order valence-electron chi connectivity index (χ0n) is 14.5. The van der Waals surface area contributed by atoms with Gasteiger partial charge in [0, 0.05) is 52.0 Å². The Morgan fingerprint density at radius 3 is 2.76 bits per heavy atom. The van der Waals surface area contributed by atoms with Gasteiger partial charge in [0.05, 0.1) is 30.5 Å². The summed E-state index contributed by atoms with van der Waals surface area (Å²) in [6.07, 6.45) is 4.53. The number of anilines is 1. The summed E-state index contributed by atoms with van der Waals surface area (Å²) in [5.74, 6) is -0.0631. The van der Waals surface area contributed by atoms with E-state index in [0.29, 0.717) is 12.2 Å². The minimum absolute atomic E-state index is 0.248. The Kier molecular flexibility index (Phi) is 4.60. The Bertz CT molecular complexity index is 637. The second-order valence-electron chi connectivity index (χ2n) is 7.28. The molecular weight excluding hydrogens is 323 g/mol. The Balaban J connectivity index is 1.37. The predicted molar refractivity (Wildman–Crippen MR) is 91.9 cm³/mol. The molecule has 4 rings (SSSR count). The summed E-state index contributed by atoms with van der Waals surface area (Å²) in [4.78, 5) is 23.2. The molecule has 3 aliphatic rings. The van der Waals surface area contributed by atoms with Gasteiger partial charge in [0.2, 0.25) is 5.91 Å². The van der Waals surface area contributed by atoms with Crippen molar-refractivity contribution >= 4 is 11.6 Å². The van der Waals surface area contributed by atoms with Crippen molar-refractivity contribution in [2.45, 2.75) is 12.8 Å². The van der Waals surface area contributed by atoms with Crippen molar-refractivity contribution in [2.75, 3.05) is 63.9 Å². The highest BCUT2D eigenvalue weighted by Crippen LogP contribution is 2.42. The van der Waals surface area contributed by atoms with E-state index in [4.69, 9.17) is 4.74 Å². The van der Waals surface area contributed by atoms with E-state index in [1.165, 1.54) is 6.20 Å². The van der Waals surface area contributed by atoms with Gasteiger partial charge in [-0.25, -0.2) is 4.39 Å². The summed E-state index contributed by atoms with van der Waals surface area (Å²) in [6.45, 7) is 7.30. The van der Waals surface area contributed by atoms with Gasteiger partial charge in [0.25, 0.3) is 0 Å². The van der Waals surface area contributed by atoms with Crippen LogP contribution in [0.5, 0.6) is 0 Å². The van der Waals surface area contributed by atoms with Crippen LogP contribution in [0.4, 0.5) is 10.1 Å². The summed E-state index contributed by atoms with van der Waals surface area (Å²) in [7, 11) is 0. The second-order valence-corrected chi connectivity index (χ2v) is 7.28. The molecule has 0 aromatic carbocycles. The first kappa shape index (κ1) is 16.7. The standard InChI is InChI=1S/C18H25FN4O2/c19-15-13-20-4-1-16(15)23-6-3-18(14-23)2-5-22(17(18)24)8-7-21-9-11-25-12-10-21/h1,4,13H,2-3,5-12,14H2. The molecule has 0 aliphatic carbocycles. The van der Waals surface area contributed by atoms with E-state index in [0.717, 1.165) is 65.3 Å².